The predicted molar refractivity (Wildman–Crippen MR) is 62.4 cm³/mol. The zero-order valence-corrected chi connectivity index (χ0v) is 10.4. The fourth-order valence-electron chi connectivity index (χ4n) is 1.99. The van der Waals surface area contributed by atoms with Crippen molar-refractivity contribution in [2.24, 2.45) is 0 Å². The smallest absolute Gasteiger partial charge is 0.0965 e. The third-order valence-electron chi connectivity index (χ3n) is 3.48. The third kappa shape index (κ3) is 2.83. The monoisotopic (exact) mass is 240 g/mol. The standard InChI is InChI=1S/C11H20N4O2/c1-9-11(2,3-6-17-9)12-7-10-8-15(4-5-16)14-13-10/h8-9,12,16H,3-7H2,1-2H3. The molecule has 1 aliphatic rings. The molecule has 1 aliphatic heterocycles. The van der Waals surface area contributed by atoms with Crippen LogP contribution < -0.4 is 5.32 Å². The Labute approximate surface area is 101 Å². The number of nitrogens with zero attached hydrogens (tertiary/aromatic N) is 3. The number of hydrogen-bond acceptors (Lipinski definition) is 5. The normalized spacial score (nSPS) is 28.8. The summed E-state index contributed by atoms with van der Waals surface area (Å²) in [5.41, 5.74) is 0.902. The molecular formula is C11H20N4O2. The molecule has 2 atom stereocenters. The topological polar surface area (TPSA) is 72.2 Å². The first-order chi connectivity index (χ1) is 8.14. The van der Waals surface area contributed by atoms with Gasteiger partial charge in [-0.2, -0.15) is 0 Å². The molecule has 6 nitrogen and oxygen atoms in total. The highest BCUT2D eigenvalue weighted by molar-refractivity contribution is 4.98. The highest BCUT2D eigenvalue weighted by Crippen LogP contribution is 2.25. The first-order valence-corrected chi connectivity index (χ1v) is 6.00. The summed E-state index contributed by atoms with van der Waals surface area (Å²) in [5.74, 6) is 0. The van der Waals surface area contributed by atoms with Gasteiger partial charge < -0.3 is 15.2 Å². The minimum Gasteiger partial charge on any atom is -0.394 e. The first-order valence-electron chi connectivity index (χ1n) is 6.00. The van der Waals surface area contributed by atoms with Crippen LogP contribution in [-0.4, -0.2) is 45.0 Å². The van der Waals surface area contributed by atoms with Gasteiger partial charge in [0.1, 0.15) is 0 Å². The summed E-state index contributed by atoms with van der Waals surface area (Å²) < 4.78 is 7.21. The van der Waals surface area contributed by atoms with Gasteiger partial charge in [0.25, 0.3) is 0 Å². The van der Waals surface area contributed by atoms with E-state index in [4.69, 9.17) is 9.84 Å². The van der Waals surface area contributed by atoms with Crippen molar-refractivity contribution in [3.63, 3.8) is 0 Å². The lowest BCUT2D eigenvalue weighted by Crippen LogP contribution is -2.47. The molecule has 2 unspecified atom stereocenters. The summed E-state index contributed by atoms with van der Waals surface area (Å²) in [6, 6.07) is 0. The second-order valence-corrected chi connectivity index (χ2v) is 4.73. The number of aliphatic hydroxyl groups is 1. The van der Waals surface area contributed by atoms with Gasteiger partial charge in [0.2, 0.25) is 0 Å². The molecule has 1 saturated heterocycles. The van der Waals surface area contributed by atoms with Crippen LogP contribution in [0.3, 0.4) is 0 Å². The average Bonchev–Trinajstić information content (AvgIpc) is 2.86. The highest BCUT2D eigenvalue weighted by atomic mass is 16.5. The predicted octanol–water partition coefficient (Wildman–Crippen LogP) is -0.0725. The SMILES string of the molecule is CC1OCCC1(C)NCc1cn(CCO)nn1. The van der Waals surface area contributed by atoms with E-state index in [-0.39, 0.29) is 18.2 Å². The zero-order chi connectivity index (χ0) is 12.3. The summed E-state index contributed by atoms with van der Waals surface area (Å²) in [6.45, 7) is 6.31. The number of nitrogens with one attached hydrogen (secondary N) is 1. The Morgan fingerprint density at radius 1 is 1.71 bits per heavy atom. The average molecular weight is 240 g/mol. The summed E-state index contributed by atoms with van der Waals surface area (Å²) in [6.07, 6.45) is 3.08. The summed E-state index contributed by atoms with van der Waals surface area (Å²) in [5, 5.41) is 20.2. The van der Waals surface area contributed by atoms with Crippen LogP contribution in [0.1, 0.15) is 26.0 Å². The first kappa shape index (κ1) is 12.5. The fourth-order valence-corrected chi connectivity index (χ4v) is 1.99. The van der Waals surface area contributed by atoms with Gasteiger partial charge in [-0.05, 0) is 20.3 Å². The van der Waals surface area contributed by atoms with Gasteiger partial charge in [0, 0.05) is 24.9 Å². The van der Waals surface area contributed by atoms with Crippen molar-refractivity contribution in [2.75, 3.05) is 13.2 Å². The molecule has 0 radical (unpaired) electrons. The minimum absolute atomic E-state index is 0.0146. The van der Waals surface area contributed by atoms with Crippen molar-refractivity contribution in [3.05, 3.63) is 11.9 Å². The van der Waals surface area contributed by atoms with Gasteiger partial charge in [-0.25, -0.2) is 4.68 Å². The fraction of sp³-hybridized carbons (Fsp3) is 0.818. The minimum atomic E-state index is 0.0146. The van der Waals surface area contributed by atoms with Gasteiger partial charge >= 0.3 is 0 Å². The molecule has 2 N–H and O–H groups in total. The molecule has 96 valence electrons. The Morgan fingerprint density at radius 2 is 2.53 bits per heavy atom. The Hall–Kier alpha value is -0.980. The van der Waals surface area contributed by atoms with Crippen LogP contribution in [0, 0.1) is 0 Å². The second kappa shape index (κ2) is 5.12. The molecule has 6 heteroatoms. The van der Waals surface area contributed by atoms with Crippen molar-refractivity contribution >= 4 is 0 Å². The number of ether oxygens (including phenoxy) is 1. The van der Waals surface area contributed by atoms with E-state index in [0.717, 1.165) is 18.7 Å². The highest BCUT2D eigenvalue weighted by Gasteiger charge is 2.36. The van der Waals surface area contributed by atoms with Crippen LogP contribution in [-0.2, 0) is 17.8 Å². The maximum atomic E-state index is 8.79. The quantitative estimate of drug-likeness (QED) is 0.753. The lowest BCUT2D eigenvalue weighted by molar-refractivity contribution is 0.0880. The van der Waals surface area contributed by atoms with E-state index in [0.29, 0.717) is 13.1 Å². The molecular weight excluding hydrogens is 220 g/mol. The Balaban J connectivity index is 1.88. The Morgan fingerprint density at radius 3 is 3.18 bits per heavy atom. The van der Waals surface area contributed by atoms with Crippen LogP contribution in [0.5, 0.6) is 0 Å². The molecule has 17 heavy (non-hydrogen) atoms. The third-order valence-corrected chi connectivity index (χ3v) is 3.48. The molecule has 0 saturated carbocycles. The second-order valence-electron chi connectivity index (χ2n) is 4.73. The molecule has 1 aromatic rings. The van der Waals surface area contributed by atoms with Crippen LogP contribution in [0.25, 0.3) is 0 Å². The van der Waals surface area contributed by atoms with Crippen LogP contribution in [0.4, 0.5) is 0 Å². The molecule has 0 aliphatic carbocycles. The molecule has 0 bridgehead atoms. The van der Waals surface area contributed by atoms with Crippen molar-refractivity contribution < 1.29 is 9.84 Å². The van der Waals surface area contributed by atoms with Crippen LogP contribution >= 0.6 is 0 Å². The van der Waals surface area contributed by atoms with E-state index in [1.807, 2.05) is 6.20 Å². The Bertz CT molecular complexity index is 368. The molecule has 2 heterocycles. The number of rotatable bonds is 5. The molecule has 0 aromatic carbocycles. The van der Waals surface area contributed by atoms with Crippen molar-refractivity contribution in [2.45, 2.75) is 45.0 Å². The maximum absolute atomic E-state index is 8.79. The van der Waals surface area contributed by atoms with Gasteiger partial charge in [-0.3, -0.25) is 0 Å². The van der Waals surface area contributed by atoms with Crippen LogP contribution in [0.2, 0.25) is 0 Å². The maximum Gasteiger partial charge on any atom is 0.0965 e. The van der Waals surface area contributed by atoms with E-state index in [1.54, 1.807) is 4.68 Å². The van der Waals surface area contributed by atoms with Crippen molar-refractivity contribution in [3.8, 4) is 0 Å². The molecule has 1 fully saturated rings. The lowest BCUT2D eigenvalue weighted by atomic mass is 9.95. The van der Waals surface area contributed by atoms with Crippen molar-refractivity contribution in [1.29, 1.82) is 0 Å². The number of hydrogen-bond donors (Lipinski definition) is 2. The molecule has 0 spiro atoms. The lowest BCUT2D eigenvalue weighted by Gasteiger charge is -2.28. The molecule has 0 amide bonds. The van der Waals surface area contributed by atoms with Crippen LogP contribution in [0.15, 0.2) is 6.20 Å². The summed E-state index contributed by atoms with van der Waals surface area (Å²) in [7, 11) is 0. The van der Waals surface area contributed by atoms with E-state index >= 15 is 0 Å². The molecule has 1 aromatic heterocycles. The van der Waals surface area contributed by atoms with E-state index in [2.05, 4.69) is 29.5 Å². The summed E-state index contributed by atoms with van der Waals surface area (Å²) in [4.78, 5) is 0. The van der Waals surface area contributed by atoms with E-state index in [1.165, 1.54) is 0 Å². The largest absolute Gasteiger partial charge is 0.394 e. The van der Waals surface area contributed by atoms with Gasteiger partial charge in [-0.15, -0.1) is 5.10 Å². The van der Waals surface area contributed by atoms with Gasteiger partial charge in [0.15, 0.2) is 0 Å². The molecule has 2 rings (SSSR count). The van der Waals surface area contributed by atoms with E-state index in [9.17, 15) is 0 Å². The zero-order valence-electron chi connectivity index (χ0n) is 10.4. The Kier molecular flexibility index (Phi) is 3.76. The number of aliphatic hydroxyl groups excluding tert-OH is 1. The summed E-state index contributed by atoms with van der Waals surface area (Å²) >= 11 is 0. The number of aromatic nitrogens is 3. The van der Waals surface area contributed by atoms with Crippen molar-refractivity contribution in [1.82, 2.24) is 20.3 Å². The van der Waals surface area contributed by atoms with Gasteiger partial charge in [-0.1, -0.05) is 5.21 Å². The van der Waals surface area contributed by atoms with E-state index < -0.39 is 0 Å². The van der Waals surface area contributed by atoms with Gasteiger partial charge in [0.05, 0.1) is 24.9 Å².